The minimum atomic E-state index is -0.929. The van der Waals surface area contributed by atoms with Crippen LogP contribution < -0.4 is 5.32 Å². The lowest BCUT2D eigenvalue weighted by Crippen LogP contribution is -2.14. The summed E-state index contributed by atoms with van der Waals surface area (Å²) in [5.41, 5.74) is 1.00. The van der Waals surface area contributed by atoms with E-state index < -0.39 is 17.7 Å². The number of halogens is 2. The number of nitrogens with one attached hydrogen (secondary N) is 1. The Bertz CT molecular complexity index is 666. The standard InChI is InChI=1S/C15H11BrFNO3/c16-11-2-1-3-12(17)14(11)15(21)18-10-6-4-9(5-7-10)8-13(19)20/h1-7H,8H2,(H,18,21)(H,19,20). The van der Waals surface area contributed by atoms with E-state index in [0.29, 0.717) is 15.7 Å². The Hall–Kier alpha value is -2.21. The topological polar surface area (TPSA) is 66.4 Å². The van der Waals surface area contributed by atoms with Gasteiger partial charge in [0, 0.05) is 10.2 Å². The Morgan fingerprint density at radius 2 is 1.81 bits per heavy atom. The third kappa shape index (κ3) is 3.88. The molecule has 0 aliphatic carbocycles. The second-order valence-corrected chi connectivity index (χ2v) is 5.17. The van der Waals surface area contributed by atoms with Crippen LogP contribution in [-0.4, -0.2) is 17.0 Å². The fraction of sp³-hybridized carbons (Fsp3) is 0.0667. The van der Waals surface area contributed by atoms with Crippen molar-refractivity contribution in [1.29, 1.82) is 0 Å². The summed E-state index contributed by atoms with van der Waals surface area (Å²) in [7, 11) is 0. The maximum atomic E-state index is 13.7. The van der Waals surface area contributed by atoms with Gasteiger partial charge in [0.25, 0.3) is 5.91 Å². The van der Waals surface area contributed by atoms with Crippen LogP contribution in [0.4, 0.5) is 10.1 Å². The van der Waals surface area contributed by atoms with Crippen molar-refractivity contribution in [1.82, 2.24) is 0 Å². The van der Waals surface area contributed by atoms with Crippen LogP contribution in [0.2, 0.25) is 0 Å². The summed E-state index contributed by atoms with van der Waals surface area (Å²) in [6.07, 6.45) is -0.0902. The first kappa shape index (κ1) is 15.2. The number of carboxylic acids is 1. The molecule has 1 amide bonds. The quantitative estimate of drug-likeness (QED) is 0.886. The summed E-state index contributed by atoms with van der Waals surface area (Å²) in [5.74, 6) is -2.13. The molecule has 4 nitrogen and oxygen atoms in total. The van der Waals surface area contributed by atoms with E-state index in [0.717, 1.165) is 0 Å². The molecule has 0 radical (unpaired) electrons. The lowest BCUT2D eigenvalue weighted by atomic mass is 10.1. The molecule has 0 atom stereocenters. The van der Waals surface area contributed by atoms with Gasteiger partial charge in [0.2, 0.25) is 0 Å². The van der Waals surface area contributed by atoms with E-state index >= 15 is 0 Å². The molecule has 2 aromatic rings. The average molecular weight is 352 g/mol. The largest absolute Gasteiger partial charge is 0.481 e. The molecule has 0 aliphatic rings. The van der Waals surface area contributed by atoms with Crippen LogP contribution in [0.5, 0.6) is 0 Å². The number of aliphatic carboxylic acids is 1. The van der Waals surface area contributed by atoms with E-state index in [4.69, 9.17) is 5.11 Å². The SMILES string of the molecule is O=C(O)Cc1ccc(NC(=O)c2c(F)cccc2Br)cc1. The molecule has 0 spiro atoms. The number of anilines is 1. The normalized spacial score (nSPS) is 10.2. The van der Waals surface area contributed by atoms with E-state index in [1.165, 1.54) is 12.1 Å². The van der Waals surface area contributed by atoms with E-state index in [2.05, 4.69) is 21.2 Å². The molecule has 21 heavy (non-hydrogen) atoms. The van der Waals surface area contributed by atoms with Gasteiger partial charge in [-0.05, 0) is 45.8 Å². The second kappa shape index (κ2) is 6.49. The molecule has 0 saturated carbocycles. The summed E-state index contributed by atoms with van der Waals surface area (Å²) in [6, 6.07) is 10.6. The fourth-order valence-electron chi connectivity index (χ4n) is 1.79. The van der Waals surface area contributed by atoms with E-state index in [1.807, 2.05) is 0 Å². The lowest BCUT2D eigenvalue weighted by Gasteiger charge is -2.08. The van der Waals surface area contributed by atoms with E-state index in [-0.39, 0.29) is 12.0 Å². The minimum Gasteiger partial charge on any atom is -0.481 e. The Kier molecular flexibility index (Phi) is 4.70. The van der Waals surface area contributed by atoms with Gasteiger partial charge in [-0.2, -0.15) is 0 Å². The molecule has 0 unspecified atom stereocenters. The number of rotatable bonds is 4. The van der Waals surface area contributed by atoms with Gasteiger partial charge in [0.1, 0.15) is 5.82 Å². The predicted molar refractivity (Wildman–Crippen MR) is 79.8 cm³/mol. The fourth-order valence-corrected chi connectivity index (χ4v) is 2.31. The number of hydrogen-bond donors (Lipinski definition) is 2. The van der Waals surface area contributed by atoms with Crippen LogP contribution in [0.3, 0.4) is 0 Å². The summed E-state index contributed by atoms with van der Waals surface area (Å²) in [4.78, 5) is 22.6. The highest BCUT2D eigenvalue weighted by Crippen LogP contribution is 2.21. The van der Waals surface area contributed by atoms with Crippen molar-refractivity contribution in [3.05, 3.63) is 63.9 Å². The zero-order valence-corrected chi connectivity index (χ0v) is 12.4. The average Bonchev–Trinajstić information content (AvgIpc) is 2.40. The molecule has 6 heteroatoms. The van der Waals surface area contributed by atoms with Crippen LogP contribution in [-0.2, 0) is 11.2 Å². The van der Waals surface area contributed by atoms with Crippen molar-refractivity contribution < 1.29 is 19.1 Å². The van der Waals surface area contributed by atoms with Crippen LogP contribution >= 0.6 is 15.9 Å². The van der Waals surface area contributed by atoms with Crippen molar-refractivity contribution in [2.75, 3.05) is 5.32 Å². The van der Waals surface area contributed by atoms with Crippen molar-refractivity contribution in [3.8, 4) is 0 Å². The maximum Gasteiger partial charge on any atom is 0.307 e. The van der Waals surface area contributed by atoms with Crippen molar-refractivity contribution in [3.63, 3.8) is 0 Å². The van der Waals surface area contributed by atoms with Gasteiger partial charge in [0.05, 0.1) is 12.0 Å². The first-order valence-corrected chi connectivity index (χ1v) is 6.83. The number of carboxylic acid groups (broad SMARTS) is 1. The molecular formula is C15H11BrFNO3. The molecule has 2 N–H and O–H groups in total. The summed E-state index contributed by atoms with van der Waals surface area (Å²) in [5, 5.41) is 11.2. The van der Waals surface area contributed by atoms with Crippen LogP contribution in [0, 0.1) is 5.82 Å². The van der Waals surface area contributed by atoms with Gasteiger partial charge in [-0.25, -0.2) is 4.39 Å². The zero-order valence-electron chi connectivity index (χ0n) is 10.8. The number of carbonyl (C=O) groups excluding carboxylic acids is 1. The summed E-state index contributed by atoms with van der Waals surface area (Å²) in [6.45, 7) is 0. The molecule has 0 aromatic heterocycles. The van der Waals surface area contributed by atoms with Gasteiger partial charge >= 0.3 is 5.97 Å². The number of benzene rings is 2. The molecule has 0 saturated heterocycles. The first-order chi connectivity index (χ1) is 9.97. The number of carbonyl (C=O) groups is 2. The van der Waals surface area contributed by atoms with Gasteiger partial charge in [0.15, 0.2) is 0 Å². The Morgan fingerprint density at radius 1 is 1.14 bits per heavy atom. The van der Waals surface area contributed by atoms with Crippen LogP contribution in [0.1, 0.15) is 15.9 Å². The molecule has 0 fully saturated rings. The Balaban J connectivity index is 2.14. The van der Waals surface area contributed by atoms with E-state index in [1.54, 1.807) is 30.3 Å². The Labute approximate surface area is 128 Å². The van der Waals surface area contributed by atoms with E-state index in [9.17, 15) is 14.0 Å². The van der Waals surface area contributed by atoms with Gasteiger partial charge in [-0.3, -0.25) is 9.59 Å². The lowest BCUT2D eigenvalue weighted by molar-refractivity contribution is -0.136. The van der Waals surface area contributed by atoms with Crippen molar-refractivity contribution in [2.24, 2.45) is 0 Å². The molecular weight excluding hydrogens is 341 g/mol. The van der Waals surface area contributed by atoms with Gasteiger partial charge < -0.3 is 10.4 Å². The summed E-state index contributed by atoms with van der Waals surface area (Å²) >= 11 is 3.13. The molecule has 108 valence electrons. The van der Waals surface area contributed by atoms with Gasteiger partial charge in [-0.15, -0.1) is 0 Å². The van der Waals surface area contributed by atoms with Crippen LogP contribution in [0.25, 0.3) is 0 Å². The highest BCUT2D eigenvalue weighted by molar-refractivity contribution is 9.10. The first-order valence-electron chi connectivity index (χ1n) is 6.03. The third-order valence-electron chi connectivity index (χ3n) is 2.76. The molecule has 0 bridgehead atoms. The predicted octanol–water partition coefficient (Wildman–Crippen LogP) is 3.47. The monoisotopic (exact) mass is 351 g/mol. The zero-order chi connectivity index (χ0) is 15.4. The third-order valence-corrected chi connectivity index (χ3v) is 3.42. The molecule has 2 rings (SSSR count). The highest BCUT2D eigenvalue weighted by Gasteiger charge is 2.15. The minimum absolute atomic E-state index is 0.0767. The van der Waals surface area contributed by atoms with Crippen molar-refractivity contribution >= 4 is 33.5 Å². The molecule has 2 aromatic carbocycles. The number of hydrogen-bond acceptors (Lipinski definition) is 2. The maximum absolute atomic E-state index is 13.7. The number of amides is 1. The second-order valence-electron chi connectivity index (χ2n) is 4.32. The molecule has 0 heterocycles. The molecule has 0 aliphatic heterocycles. The van der Waals surface area contributed by atoms with Gasteiger partial charge in [-0.1, -0.05) is 18.2 Å². The highest BCUT2D eigenvalue weighted by atomic mass is 79.9. The van der Waals surface area contributed by atoms with Crippen molar-refractivity contribution in [2.45, 2.75) is 6.42 Å². The summed E-state index contributed by atoms with van der Waals surface area (Å²) < 4.78 is 14.0. The van der Waals surface area contributed by atoms with Crippen LogP contribution in [0.15, 0.2) is 46.9 Å². The smallest absolute Gasteiger partial charge is 0.307 e. The Morgan fingerprint density at radius 3 is 2.38 bits per heavy atom.